The zero-order valence-electron chi connectivity index (χ0n) is 41.5. The summed E-state index contributed by atoms with van der Waals surface area (Å²) in [6, 6.07) is 40.4. The van der Waals surface area contributed by atoms with E-state index in [0.717, 1.165) is 80.6 Å². The molecular weight excluding hydrogens is 1110 g/mol. The van der Waals surface area contributed by atoms with E-state index >= 15 is 0 Å². The number of anilines is 3. The van der Waals surface area contributed by atoms with Crippen LogP contribution >= 0.6 is 62.3 Å². The van der Waals surface area contributed by atoms with Gasteiger partial charge in [-0.2, -0.15) is 0 Å². The van der Waals surface area contributed by atoms with E-state index in [9.17, 15) is 0 Å². The van der Waals surface area contributed by atoms with Crippen LogP contribution in [0.25, 0.3) is 55.5 Å². The first kappa shape index (κ1) is 59.7. The molecule has 0 fully saturated rings. The predicted molar refractivity (Wildman–Crippen MR) is 324 cm³/mol. The fraction of sp³-hybridized carbons (Fsp3) is 0.103. The lowest BCUT2D eigenvalue weighted by Gasteiger charge is -2.06. The number of nitrogens with one attached hydrogen (secondary N) is 1. The quantitative estimate of drug-likeness (QED) is 0.101. The van der Waals surface area contributed by atoms with Crippen molar-refractivity contribution in [1.29, 1.82) is 0 Å². The second-order valence-electron chi connectivity index (χ2n) is 18.1. The summed E-state index contributed by atoms with van der Waals surface area (Å²) in [5.74, 6) is 7.02. The number of H-pyrrole nitrogens is 1. The van der Waals surface area contributed by atoms with E-state index in [1.807, 2.05) is 134 Å². The molecule has 0 saturated heterocycles. The van der Waals surface area contributed by atoms with Crippen LogP contribution < -0.4 is 17.2 Å². The van der Waals surface area contributed by atoms with Gasteiger partial charge in [-0.15, -0.1) is 23.9 Å². The van der Waals surface area contributed by atoms with Crippen LogP contribution in [0.3, 0.4) is 0 Å². The molecule has 0 saturated carbocycles. The van der Waals surface area contributed by atoms with Crippen LogP contribution in [0.15, 0.2) is 163 Å². The summed E-state index contributed by atoms with van der Waals surface area (Å²) < 4.78 is 0.801. The average Bonchev–Trinajstić information content (AvgIpc) is 3.85. The highest BCUT2D eigenvalue weighted by Crippen LogP contribution is 2.28. The summed E-state index contributed by atoms with van der Waals surface area (Å²) in [5.41, 5.74) is 33.8. The van der Waals surface area contributed by atoms with Gasteiger partial charge in [0.2, 0.25) is 0 Å². The van der Waals surface area contributed by atoms with Crippen LogP contribution in [0.2, 0.25) is 59.4 Å². The molecule has 0 aliphatic carbocycles. The summed E-state index contributed by atoms with van der Waals surface area (Å²) in [5, 5.41) is 4.01. The molecular formula is C58H54BrCl4FN8Si2. The molecule has 0 amide bonds. The first-order chi connectivity index (χ1) is 34.6. The van der Waals surface area contributed by atoms with Crippen molar-refractivity contribution < 1.29 is 4.70 Å². The molecule has 0 atom stereocenters. The van der Waals surface area contributed by atoms with E-state index in [0.29, 0.717) is 28.0 Å². The zero-order chi connectivity index (χ0) is 53.3. The van der Waals surface area contributed by atoms with Crippen molar-refractivity contribution >= 4 is 107 Å². The van der Waals surface area contributed by atoms with Crippen LogP contribution in [0.4, 0.5) is 22.2 Å². The summed E-state index contributed by atoms with van der Waals surface area (Å²) >= 11 is 26.7. The Morgan fingerprint density at radius 2 is 0.824 bits per heavy atom. The molecule has 16 heteroatoms. The van der Waals surface area contributed by atoms with Crippen LogP contribution in [-0.2, 0) is 0 Å². The van der Waals surface area contributed by atoms with Gasteiger partial charge >= 0.3 is 0 Å². The van der Waals surface area contributed by atoms with E-state index in [2.05, 4.69) is 109 Å². The number of terminal acetylenes is 2. The van der Waals surface area contributed by atoms with Crippen LogP contribution in [0.1, 0.15) is 11.1 Å². The molecule has 0 aliphatic heterocycles. The highest BCUT2D eigenvalue weighted by atomic mass is 79.9. The molecule has 376 valence electrons. The molecule has 5 heterocycles. The minimum Gasteiger partial charge on any atom is -0.383 e. The van der Waals surface area contributed by atoms with Crippen molar-refractivity contribution in [2.24, 2.45) is 0 Å². The maximum atomic E-state index is 5.90. The van der Waals surface area contributed by atoms with Gasteiger partial charge in [-0.3, -0.25) is 4.70 Å². The number of nitrogen functional groups attached to an aromatic ring is 3. The Bertz CT molecular complexity index is 3430. The molecule has 4 aromatic carbocycles. The summed E-state index contributed by atoms with van der Waals surface area (Å²) in [4.78, 5) is 19.8. The molecule has 8 nitrogen and oxygen atoms in total. The number of aromatic nitrogens is 5. The van der Waals surface area contributed by atoms with Crippen LogP contribution in [0.5, 0.6) is 0 Å². The highest BCUT2D eigenvalue weighted by Gasteiger charge is 2.10. The van der Waals surface area contributed by atoms with Crippen molar-refractivity contribution in [3.63, 3.8) is 0 Å². The van der Waals surface area contributed by atoms with Gasteiger partial charge in [-0.25, -0.2) is 19.9 Å². The molecule has 74 heavy (non-hydrogen) atoms. The standard InChI is InChI=1S/C16H17ClN2Si.2C13H9ClN2.C11H8BrClN2.C5H10Si.FH/c1-20(2,3)9-8-13-10-14(11-19-16(13)18)12-4-6-15(17)7-5-12;14-12-3-1-9(2-4-12)11-7-10-5-6-15-13(10)16-8-11;1-2-9-7-11(8-16-13(9)15)10-3-5-12(14)6-4-10;12-10-5-8(6-15-11(10)14)7-1-3-9(13)4-2-7;1-5-6(2,3)4;/h4-7,10-11H,1-3H3,(H2,18,19);1-8H,(H,15,16);1,3-8H,(H2,15,16);1-6H,(H2,14,15);1H,2-4H3;1H. The van der Waals surface area contributed by atoms with Gasteiger partial charge in [-0.05, 0) is 117 Å². The molecule has 7 N–H and O–H groups in total. The van der Waals surface area contributed by atoms with E-state index < -0.39 is 16.1 Å². The first-order valence-corrected chi connectivity index (χ1v) is 31.8. The summed E-state index contributed by atoms with van der Waals surface area (Å²) in [7, 11) is -2.53. The third-order valence-electron chi connectivity index (χ3n) is 9.98. The van der Waals surface area contributed by atoms with Crippen LogP contribution in [-0.4, -0.2) is 41.1 Å². The minimum atomic E-state index is -1.43. The number of pyridine rings is 4. The van der Waals surface area contributed by atoms with Crippen molar-refractivity contribution in [2.45, 2.75) is 39.3 Å². The molecule has 9 rings (SSSR count). The summed E-state index contributed by atoms with van der Waals surface area (Å²) in [6.07, 6.45) is 19.4. The van der Waals surface area contributed by atoms with E-state index in [4.69, 9.17) is 76.5 Å². The number of nitrogens with two attached hydrogens (primary N) is 3. The van der Waals surface area contributed by atoms with E-state index in [1.54, 1.807) is 18.6 Å². The van der Waals surface area contributed by atoms with Gasteiger partial charge in [0.05, 0.1) is 15.6 Å². The number of hydrogen-bond donors (Lipinski definition) is 4. The Kier molecular flexibility index (Phi) is 22.5. The Hall–Kier alpha value is -6.90. The topological polar surface area (TPSA) is 145 Å². The monoisotopic (exact) mass is 1160 g/mol. The number of rotatable bonds is 4. The lowest BCUT2D eigenvalue weighted by atomic mass is 10.1. The Labute approximate surface area is 464 Å². The van der Waals surface area contributed by atoms with Crippen molar-refractivity contribution in [1.82, 2.24) is 24.9 Å². The van der Waals surface area contributed by atoms with E-state index in [-0.39, 0.29) is 4.70 Å². The fourth-order valence-electron chi connectivity index (χ4n) is 6.01. The van der Waals surface area contributed by atoms with Gasteiger partial charge in [-0.1, -0.05) is 146 Å². The van der Waals surface area contributed by atoms with Crippen molar-refractivity contribution in [3.05, 3.63) is 194 Å². The van der Waals surface area contributed by atoms with Crippen LogP contribution in [0, 0.1) is 35.8 Å². The first-order valence-electron chi connectivity index (χ1n) is 22.5. The normalized spacial score (nSPS) is 10.3. The number of fused-ring (bicyclic) bond motifs is 1. The van der Waals surface area contributed by atoms with Gasteiger partial charge in [0.1, 0.15) is 39.2 Å². The highest BCUT2D eigenvalue weighted by molar-refractivity contribution is 9.10. The zero-order valence-corrected chi connectivity index (χ0v) is 48.1. The van der Waals surface area contributed by atoms with E-state index in [1.165, 1.54) is 0 Å². The van der Waals surface area contributed by atoms with Gasteiger partial charge in [0.25, 0.3) is 0 Å². The number of hydrogen-bond acceptors (Lipinski definition) is 7. The minimum absolute atomic E-state index is 0. The fourth-order valence-corrected chi connectivity index (χ4v) is 7.37. The number of halogens is 6. The number of nitrogens with zero attached hydrogens (tertiary/aromatic N) is 4. The predicted octanol–water partition coefficient (Wildman–Crippen LogP) is 16.5. The van der Waals surface area contributed by atoms with Gasteiger partial charge in [0.15, 0.2) is 0 Å². The molecule has 0 radical (unpaired) electrons. The Balaban J connectivity index is 0.000000206. The maximum absolute atomic E-state index is 5.90. The Morgan fingerprint density at radius 1 is 0.473 bits per heavy atom. The van der Waals surface area contributed by atoms with Gasteiger partial charge in [0, 0.05) is 78.7 Å². The molecule has 0 spiro atoms. The van der Waals surface area contributed by atoms with Gasteiger partial charge < -0.3 is 22.2 Å². The number of aromatic amines is 1. The number of benzene rings is 4. The maximum Gasteiger partial charge on any atom is 0.139 e. The second-order valence-corrected chi connectivity index (χ2v) is 30.2. The lowest BCUT2D eigenvalue weighted by molar-refractivity contribution is 1.11. The second kappa shape index (κ2) is 28.0. The molecule has 9 aromatic rings. The molecule has 0 bridgehead atoms. The lowest BCUT2D eigenvalue weighted by Crippen LogP contribution is -2.16. The average molecular weight is 1160 g/mol. The molecule has 0 unspecified atom stereocenters. The summed E-state index contributed by atoms with van der Waals surface area (Å²) in [6.45, 7) is 13.0. The SMILES string of the molecule is C#C[Si](C)(C)C.C#Cc1cc(-c2ccc(Cl)cc2)cnc1N.C[Si](C)(C)C#Cc1cc(-c2ccc(Cl)cc2)cnc1N.Clc1ccc(-c2cnc3[nH]ccc3c2)cc1.F.Nc1ncc(-c2ccc(Cl)cc2)cc1Br. The molecule has 0 aliphatic rings. The molecule has 5 aromatic heterocycles. The smallest absolute Gasteiger partial charge is 0.139 e. The third-order valence-corrected chi connectivity index (χ3v) is 13.4. The third kappa shape index (κ3) is 19.2. The largest absolute Gasteiger partial charge is 0.383 e. The van der Waals surface area contributed by atoms with Crippen molar-refractivity contribution in [2.75, 3.05) is 17.2 Å². The van der Waals surface area contributed by atoms with Crippen molar-refractivity contribution in [3.8, 4) is 80.3 Å². The Morgan fingerprint density at radius 3 is 1.20 bits per heavy atom.